The van der Waals surface area contributed by atoms with Crippen molar-refractivity contribution >= 4 is 32.3 Å². The predicted molar refractivity (Wildman–Crippen MR) is 110 cm³/mol. The van der Waals surface area contributed by atoms with E-state index in [2.05, 4.69) is 15.4 Å². The largest absolute Gasteiger partial charge is 0.465 e. The molecule has 0 saturated heterocycles. The molecule has 158 valence electrons. The molecule has 0 spiro atoms. The van der Waals surface area contributed by atoms with E-state index in [1.165, 1.54) is 56.5 Å². The van der Waals surface area contributed by atoms with Gasteiger partial charge < -0.3 is 10.1 Å². The van der Waals surface area contributed by atoms with Crippen LogP contribution in [0.4, 0.5) is 5.13 Å². The molecule has 0 bridgehead atoms. The first-order chi connectivity index (χ1) is 14.0. The average molecular weight is 439 g/mol. The summed E-state index contributed by atoms with van der Waals surface area (Å²) in [5, 5.41) is 8.09. The van der Waals surface area contributed by atoms with Crippen molar-refractivity contribution in [3.63, 3.8) is 0 Å². The van der Waals surface area contributed by atoms with Gasteiger partial charge in [0.1, 0.15) is 9.77 Å². The molecule has 1 unspecified atom stereocenters. The van der Waals surface area contributed by atoms with Crippen LogP contribution in [0, 0.1) is 5.92 Å². The Kier molecular flexibility index (Phi) is 5.91. The molecular formula is C19H26N4O4S2. The highest BCUT2D eigenvalue weighted by molar-refractivity contribution is 7.92. The maximum atomic E-state index is 12.5. The molecule has 2 aliphatic rings. The number of ether oxygens (including phenoxy) is 1. The molecule has 0 aromatic carbocycles. The van der Waals surface area contributed by atoms with Crippen LogP contribution in [0.5, 0.6) is 0 Å². The van der Waals surface area contributed by atoms with Gasteiger partial charge in [-0.15, -0.1) is 0 Å². The number of hydrogen-bond donors (Lipinski definition) is 1. The first kappa shape index (κ1) is 20.3. The van der Waals surface area contributed by atoms with Gasteiger partial charge >= 0.3 is 5.97 Å². The molecule has 29 heavy (non-hydrogen) atoms. The smallest absolute Gasteiger partial charge is 0.349 e. The number of carbonyl (C=O) groups excluding carboxylic acids is 1. The Morgan fingerprint density at radius 2 is 2.07 bits per heavy atom. The second-order valence-corrected chi connectivity index (χ2v) is 11.1. The van der Waals surface area contributed by atoms with Gasteiger partial charge in [-0.25, -0.2) is 18.2 Å². The van der Waals surface area contributed by atoms with Crippen LogP contribution in [0.25, 0.3) is 0 Å². The van der Waals surface area contributed by atoms with Gasteiger partial charge in [-0.2, -0.15) is 5.10 Å². The molecule has 2 aromatic rings. The number of sulfone groups is 1. The molecule has 0 amide bonds. The summed E-state index contributed by atoms with van der Waals surface area (Å²) in [6.07, 6.45) is 12.0. The van der Waals surface area contributed by atoms with Crippen LogP contribution in [0.3, 0.4) is 0 Å². The molecule has 2 fully saturated rings. The molecule has 1 N–H and O–H groups in total. The van der Waals surface area contributed by atoms with Gasteiger partial charge in [0.25, 0.3) is 0 Å². The van der Waals surface area contributed by atoms with Crippen molar-refractivity contribution in [1.29, 1.82) is 0 Å². The lowest BCUT2D eigenvalue weighted by Gasteiger charge is -2.21. The molecule has 2 saturated carbocycles. The quantitative estimate of drug-likeness (QED) is 0.599. The minimum absolute atomic E-state index is 0.0201. The Bertz CT molecular complexity index is 959. The summed E-state index contributed by atoms with van der Waals surface area (Å²) in [5.74, 6) is 0.219. The molecule has 8 nitrogen and oxygen atoms in total. The van der Waals surface area contributed by atoms with Gasteiger partial charge in [0.05, 0.1) is 30.8 Å². The normalized spacial score (nSPS) is 18.7. The minimum Gasteiger partial charge on any atom is -0.465 e. The third-order valence-electron chi connectivity index (χ3n) is 5.71. The van der Waals surface area contributed by atoms with E-state index >= 15 is 0 Å². The number of nitrogens with one attached hydrogen (secondary N) is 1. The van der Waals surface area contributed by atoms with Gasteiger partial charge in [-0.3, -0.25) is 4.68 Å². The van der Waals surface area contributed by atoms with Gasteiger partial charge in [-0.05, 0) is 25.2 Å². The average Bonchev–Trinajstić information content (AvgIpc) is 3.13. The maximum Gasteiger partial charge on any atom is 0.349 e. The van der Waals surface area contributed by atoms with Crippen molar-refractivity contribution in [2.45, 2.75) is 61.1 Å². The highest BCUT2D eigenvalue weighted by atomic mass is 32.2. The van der Waals surface area contributed by atoms with E-state index in [1.54, 1.807) is 10.9 Å². The molecule has 2 aromatic heterocycles. The molecule has 4 rings (SSSR count). The van der Waals surface area contributed by atoms with Crippen LogP contribution in [0.1, 0.15) is 60.7 Å². The van der Waals surface area contributed by atoms with E-state index in [9.17, 15) is 13.2 Å². The van der Waals surface area contributed by atoms with E-state index in [1.807, 2.05) is 0 Å². The third kappa shape index (κ3) is 4.63. The Balaban J connectivity index is 1.48. The zero-order chi connectivity index (χ0) is 20.4. The van der Waals surface area contributed by atoms with E-state index in [-0.39, 0.29) is 11.3 Å². The van der Waals surface area contributed by atoms with E-state index in [4.69, 9.17) is 4.74 Å². The molecule has 0 aliphatic heterocycles. The predicted octanol–water partition coefficient (Wildman–Crippen LogP) is 3.30. The lowest BCUT2D eigenvalue weighted by atomic mass is 9.98. The molecule has 0 radical (unpaired) electrons. The number of hydrogen-bond acceptors (Lipinski definition) is 8. The fourth-order valence-electron chi connectivity index (χ4n) is 3.91. The maximum absolute atomic E-state index is 12.5. The third-order valence-corrected chi connectivity index (χ3v) is 8.86. The Hall–Kier alpha value is -1.94. The standard InChI is InChI=1S/C19H26N4O4S2/c1-27-18(24)17-11-21-19(28-17)20-9-14(8-13-4-2-3-5-13)23-12-16(10-22-23)29(25,26)15-6-7-15/h10-15H,2-9H2,1H3,(H,20,21). The van der Waals surface area contributed by atoms with Crippen LogP contribution in [0.2, 0.25) is 0 Å². The number of nitrogens with zero attached hydrogens (tertiary/aromatic N) is 3. The summed E-state index contributed by atoms with van der Waals surface area (Å²) >= 11 is 1.24. The summed E-state index contributed by atoms with van der Waals surface area (Å²) in [6.45, 7) is 0.565. The van der Waals surface area contributed by atoms with Crippen molar-refractivity contribution < 1.29 is 17.9 Å². The second-order valence-electron chi connectivity index (χ2n) is 7.84. The topological polar surface area (TPSA) is 103 Å². The highest BCUT2D eigenvalue weighted by Crippen LogP contribution is 2.35. The first-order valence-corrected chi connectivity index (χ1v) is 12.4. The van der Waals surface area contributed by atoms with Crippen molar-refractivity contribution in [2.75, 3.05) is 19.0 Å². The van der Waals surface area contributed by atoms with Crippen LogP contribution in [-0.4, -0.2) is 48.1 Å². The van der Waals surface area contributed by atoms with E-state index in [0.29, 0.717) is 27.4 Å². The zero-order valence-electron chi connectivity index (χ0n) is 16.4. The van der Waals surface area contributed by atoms with Crippen molar-refractivity contribution in [1.82, 2.24) is 14.8 Å². The van der Waals surface area contributed by atoms with Gasteiger partial charge in [0.15, 0.2) is 15.0 Å². The van der Waals surface area contributed by atoms with E-state index < -0.39 is 15.8 Å². The van der Waals surface area contributed by atoms with Gasteiger partial charge in [0, 0.05) is 12.7 Å². The molecule has 2 heterocycles. The Labute approximate surface area is 174 Å². The fourth-order valence-corrected chi connectivity index (χ4v) is 6.24. The van der Waals surface area contributed by atoms with Crippen molar-refractivity contribution in [3.8, 4) is 0 Å². The first-order valence-electron chi connectivity index (χ1n) is 10.0. The van der Waals surface area contributed by atoms with Crippen LogP contribution in [0.15, 0.2) is 23.5 Å². The summed E-state index contributed by atoms with van der Waals surface area (Å²) in [5.41, 5.74) is 0. The molecule has 2 aliphatic carbocycles. The SMILES string of the molecule is COC(=O)c1cnc(NCC(CC2CCCC2)n2cc(S(=O)(=O)C3CC3)cn2)s1. The Morgan fingerprint density at radius 1 is 1.31 bits per heavy atom. The lowest BCUT2D eigenvalue weighted by Crippen LogP contribution is -2.22. The zero-order valence-corrected chi connectivity index (χ0v) is 18.0. The summed E-state index contributed by atoms with van der Waals surface area (Å²) < 4.78 is 31.6. The van der Waals surface area contributed by atoms with Crippen LogP contribution in [-0.2, 0) is 14.6 Å². The number of carbonyl (C=O) groups is 1. The van der Waals surface area contributed by atoms with E-state index in [0.717, 1.165) is 19.3 Å². The number of anilines is 1. The number of aromatic nitrogens is 3. The minimum atomic E-state index is -3.25. The number of rotatable bonds is 9. The van der Waals surface area contributed by atoms with Crippen molar-refractivity contribution in [2.24, 2.45) is 5.92 Å². The molecular weight excluding hydrogens is 412 g/mol. The number of esters is 1. The monoisotopic (exact) mass is 438 g/mol. The van der Waals surface area contributed by atoms with Crippen molar-refractivity contribution in [3.05, 3.63) is 23.5 Å². The molecule has 10 heteroatoms. The van der Waals surface area contributed by atoms with Crippen LogP contribution >= 0.6 is 11.3 Å². The number of thiazole rings is 1. The van der Waals surface area contributed by atoms with Gasteiger partial charge in [-0.1, -0.05) is 37.0 Å². The Morgan fingerprint density at radius 3 is 2.76 bits per heavy atom. The lowest BCUT2D eigenvalue weighted by molar-refractivity contribution is 0.0606. The van der Waals surface area contributed by atoms with Crippen LogP contribution < -0.4 is 5.32 Å². The molecule has 1 atom stereocenters. The summed E-state index contributed by atoms with van der Waals surface area (Å²) in [4.78, 5) is 16.6. The number of methoxy groups -OCH3 is 1. The second kappa shape index (κ2) is 8.43. The fraction of sp³-hybridized carbons (Fsp3) is 0.632. The van der Waals surface area contributed by atoms with Gasteiger partial charge in [0.2, 0.25) is 0 Å². The summed E-state index contributed by atoms with van der Waals surface area (Å²) in [7, 11) is -1.90. The highest BCUT2D eigenvalue weighted by Gasteiger charge is 2.38. The summed E-state index contributed by atoms with van der Waals surface area (Å²) in [6, 6.07) is 0.0201.